The van der Waals surface area contributed by atoms with Gasteiger partial charge in [-0.1, -0.05) is 42.5 Å². The normalized spacial score (nSPS) is 11.6. The van der Waals surface area contributed by atoms with Crippen LogP contribution in [0.1, 0.15) is 5.56 Å². The van der Waals surface area contributed by atoms with Gasteiger partial charge in [-0.2, -0.15) is 9.40 Å². The molecule has 0 unspecified atom stereocenters. The zero-order valence-electron chi connectivity index (χ0n) is 15.8. The van der Waals surface area contributed by atoms with E-state index in [0.717, 1.165) is 16.1 Å². The lowest BCUT2D eigenvalue weighted by Gasteiger charge is -2.19. The largest absolute Gasteiger partial charge is 0.308 e. The van der Waals surface area contributed by atoms with Gasteiger partial charge in [0, 0.05) is 18.2 Å². The maximum atomic E-state index is 13.4. The first-order chi connectivity index (χ1) is 13.8. The minimum absolute atomic E-state index is 0.186. The van der Waals surface area contributed by atoms with E-state index in [2.05, 4.69) is 15.5 Å². The quantitative estimate of drug-likeness (QED) is 0.590. The molecular formula is C20H21FN4O3S. The molecule has 3 aromatic rings. The summed E-state index contributed by atoms with van der Waals surface area (Å²) in [5, 5.41) is 9.27. The summed E-state index contributed by atoms with van der Waals surface area (Å²) in [6.45, 7) is -0.140. The molecule has 1 amide bonds. The highest BCUT2D eigenvalue weighted by Gasteiger charge is 2.20. The van der Waals surface area contributed by atoms with E-state index in [1.807, 2.05) is 30.3 Å². The van der Waals surface area contributed by atoms with Gasteiger partial charge in [0.1, 0.15) is 5.82 Å². The molecule has 152 valence electrons. The lowest BCUT2D eigenvalue weighted by Crippen LogP contribution is -2.38. The molecule has 0 atom stereocenters. The van der Waals surface area contributed by atoms with Gasteiger partial charge in [-0.05, 0) is 24.1 Å². The molecular weight excluding hydrogens is 395 g/mol. The molecule has 29 heavy (non-hydrogen) atoms. The van der Waals surface area contributed by atoms with Crippen LogP contribution in [0, 0.1) is 5.82 Å². The van der Waals surface area contributed by atoms with Crippen molar-refractivity contribution in [1.82, 2.24) is 14.5 Å². The number of nitrogens with one attached hydrogen (secondary N) is 2. The third-order valence-electron chi connectivity index (χ3n) is 4.26. The predicted molar refractivity (Wildman–Crippen MR) is 109 cm³/mol. The number of sulfonamides is 1. The van der Waals surface area contributed by atoms with Gasteiger partial charge in [0.05, 0.1) is 18.5 Å². The van der Waals surface area contributed by atoms with Gasteiger partial charge in [-0.3, -0.25) is 9.89 Å². The van der Waals surface area contributed by atoms with Gasteiger partial charge in [-0.15, -0.1) is 0 Å². The van der Waals surface area contributed by atoms with Gasteiger partial charge in [0.25, 0.3) is 0 Å². The number of halogens is 1. The van der Waals surface area contributed by atoms with E-state index in [9.17, 15) is 17.6 Å². The van der Waals surface area contributed by atoms with Gasteiger partial charge >= 0.3 is 0 Å². The molecule has 0 fully saturated rings. The molecule has 1 aromatic heterocycles. The standard InChI is InChI=1S/C20H21FN4O3S/c1-29(27,28)25(11-10-15-6-3-2-4-7-15)14-20(26)22-19-13-18(23-24-19)16-8-5-9-17(21)12-16/h2-9,12-13H,10-11,14H2,1H3,(H2,22,23,24,26). The van der Waals surface area contributed by atoms with Crippen molar-refractivity contribution in [3.63, 3.8) is 0 Å². The maximum absolute atomic E-state index is 13.4. The van der Waals surface area contributed by atoms with E-state index in [0.29, 0.717) is 17.7 Å². The molecule has 0 aliphatic heterocycles. The van der Waals surface area contributed by atoms with Crippen molar-refractivity contribution < 1.29 is 17.6 Å². The molecule has 9 heteroatoms. The summed E-state index contributed by atoms with van der Waals surface area (Å²) < 4.78 is 38.6. The van der Waals surface area contributed by atoms with Crippen LogP contribution < -0.4 is 5.32 Å². The van der Waals surface area contributed by atoms with E-state index in [-0.39, 0.29) is 24.7 Å². The van der Waals surface area contributed by atoms with E-state index in [1.165, 1.54) is 12.1 Å². The number of nitrogens with zero attached hydrogens (tertiary/aromatic N) is 2. The predicted octanol–water partition coefficient (Wildman–Crippen LogP) is 2.66. The van der Waals surface area contributed by atoms with Crippen molar-refractivity contribution >= 4 is 21.7 Å². The van der Waals surface area contributed by atoms with Crippen molar-refractivity contribution in [3.05, 3.63) is 72.0 Å². The van der Waals surface area contributed by atoms with Crippen LogP contribution >= 0.6 is 0 Å². The Kier molecular flexibility index (Phi) is 6.40. The molecule has 0 aliphatic carbocycles. The number of rotatable bonds is 8. The number of aromatic nitrogens is 2. The molecule has 2 aromatic carbocycles. The summed E-state index contributed by atoms with van der Waals surface area (Å²) in [6, 6.07) is 16.9. The average molecular weight is 416 g/mol. The summed E-state index contributed by atoms with van der Waals surface area (Å²) in [7, 11) is -3.56. The third-order valence-corrected chi connectivity index (χ3v) is 5.51. The van der Waals surface area contributed by atoms with E-state index < -0.39 is 15.9 Å². The van der Waals surface area contributed by atoms with E-state index in [4.69, 9.17) is 0 Å². The molecule has 3 rings (SSSR count). The highest BCUT2D eigenvalue weighted by molar-refractivity contribution is 7.88. The summed E-state index contributed by atoms with van der Waals surface area (Å²) in [5.74, 6) is -0.670. The topological polar surface area (TPSA) is 95.2 Å². The Bertz CT molecular complexity index is 1080. The number of hydrogen-bond acceptors (Lipinski definition) is 4. The fourth-order valence-corrected chi connectivity index (χ4v) is 3.57. The summed E-state index contributed by atoms with van der Waals surface area (Å²) in [6.07, 6.45) is 1.56. The zero-order chi connectivity index (χ0) is 20.9. The second kappa shape index (κ2) is 8.97. The van der Waals surface area contributed by atoms with Gasteiger partial charge in [-0.25, -0.2) is 12.8 Å². The van der Waals surface area contributed by atoms with Crippen molar-refractivity contribution in [3.8, 4) is 11.3 Å². The highest BCUT2D eigenvalue weighted by Crippen LogP contribution is 2.20. The molecule has 2 N–H and O–H groups in total. The zero-order valence-corrected chi connectivity index (χ0v) is 16.6. The Morgan fingerprint density at radius 2 is 1.90 bits per heavy atom. The molecule has 0 aliphatic rings. The fraction of sp³-hybridized carbons (Fsp3) is 0.200. The molecule has 1 heterocycles. The van der Waals surface area contributed by atoms with E-state index in [1.54, 1.807) is 18.2 Å². The minimum atomic E-state index is -3.56. The van der Waals surface area contributed by atoms with Crippen LogP contribution in [0.3, 0.4) is 0 Å². The van der Waals surface area contributed by atoms with Crippen LogP contribution in [0.15, 0.2) is 60.7 Å². The Balaban J connectivity index is 1.63. The van der Waals surface area contributed by atoms with Gasteiger partial charge < -0.3 is 5.32 Å². The number of carbonyl (C=O) groups excluding carboxylic acids is 1. The summed E-state index contributed by atoms with van der Waals surface area (Å²) in [5.41, 5.74) is 2.09. The molecule has 0 radical (unpaired) electrons. The van der Waals surface area contributed by atoms with Gasteiger partial charge in [0.2, 0.25) is 15.9 Å². The van der Waals surface area contributed by atoms with Crippen LogP contribution in [-0.2, 0) is 21.2 Å². The molecule has 0 saturated carbocycles. The number of anilines is 1. The molecule has 0 spiro atoms. The number of aromatic amines is 1. The number of amides is 1. The van der Waals surface area contributed by atoms with Crippen LogP contribution in [0.25, 0.3) is 11.3 Å². The number of carbonyl (C=O) groups is 1. The molecule has 0 bridgehead atoms. The number of H-pyrrole nitrogens is 1. The van der Waals surface area contributed by atoms with Gasteiger partial charge in [0.15, 0.2) is 5.82 Å². The van der Waals surface area contributed by atoms with Crippen LogP contribution in [0.2, 0.25) is 0 Å². The van der Waals surface area contributed by atoms with Crippen molar-refractivity contribution in [2.24, 2.45) is 0 Å². The fourth-order valence-electron chi connectivity index (χ4n) is 2.79. The highest BCUT2D eigenvalue weighted by atomic mass is 32.2. The Labute approximate surface area is 168 Å². The van der Waals surface area contributed by atoms with Crippen LogP contribution in [0.4, 0.5) is 10.2 Å². The minimum Gasteiger partial charge on any atom is -0.308 e. The van der Waals surface area contributed by atoms with Crippen LogP contribution in [0.5, 0.6) is 0 Å². The second-order valence-corrected chi connectivity index (χ2v) is 8.54. The monoisotopic (exact) mass is 416 g/mol. The lowest BCUT2D eigenvalue weighted by atomic mass is 10.1. The van der Waals surface area contributed by atoms with Crippen molar-refractivity contribution in [2.75, 3.05) is 24.7 Å². The third kappa shape index (κ3) is 5.97. The molecule has 7 nitrogen and oxygen atoms in total. The molecule has 0 saturated heterocycles. The average Bonchev–Trinajstić information content (AvgIpc) is 3.13. The first-order valence-electron chi connectivity index (χ1n) is 8.91. The Hall–Kier alpha value is -3.04. The van der Waals surface area contributed by atoms with Crippen molar-refractivity contribution in [2.45, 2.75) is 6.42 Å². The summed E-state index contributed by atoms with van der Waals surface area (Å²) >= 11 is 0. The first kappa shape index (κ1) is 20.7. The number of benzene rings is 2. The van der Waals surface area contributed by atoms with Crippen molar-refractivity contribution in [1.29, 1.82) is 0 Å². The second-order valence-electron chi connectivity index (χ2n) is 6.56. The van der Waals surface area contributed by atoms with Crippen LogP contribution in [-0.4, -0.2) is 48.2 Å². The smallest absolute Gasteiger partial charge is 0.240 e. The SMILES string of the molecule is CS(=O)(=O)N(CCc1ccccc1)CC(=O)Nc1cc(-c2cccc(F)c2)[nH]n1. The Morgan fingerprint density at radius 1 is 1.14 bits per heavy atom. The Morgan fingerprint density at radius 3 is 2.59 bits per heavy atom. The summed E-state index contributed by atoms with van der Waals surface area (Å²) in [4.78, 5) is 12.3. The van der Waals surface area contributed by atoms with E-state index >= 15 is 0 Å². The maximum Gasteiger partial charge on any atom is 0.240 e. The number of hydrogen-bond donors (Lipinski definition) is 2. The lowest BCUT2D eigenvalue weighted by molar-refractivity contribution is -0.116. The first-order valence-corrected chi connectivity index (χ1v) is 10.8.